The van der Waals surface area contributed by atoms with Crippen LogP contribution in [0.4, 0.5) is 0 Å². The molecule has 0 aromatic heterocycles. The Kier molecular flexibility index (Phi) is 6.54. The van der Waals surface area contributed by atoms with E-state index in [-0.39, 0.29) is 17.6 Å². The summed E-state index contributed by atoms with van der Waals surface area (Å²) in [5.74, 6) is 0.989. The van der Waals surface area contributed by atoms with Gasteiger partial charge in [0.1, 0.15) is 6.10 Å². The summed E-state index contributed by atoms with van der Waals surface area (Å²) in [6.07, 6.45) is 2.63. The molecule has 0 amide bonds. The maximum atomic E-state index is 5.99. The van der Waals surface area contributed by atoms with Gasteiger partial charge in [-0.15, -0.1) is 0 Å². The van der Waals surface area contributed by atoms with Crippen LogP contribution >= 0.6 is 0 Å². The van der Waals surface area contributed by atoms with E-state index >= 15 is 0 Å². The Labute approximate surface area is 157 Å². The van der Waals surface area contributed by atoms with Crippen LogP contribution in [-0.4, -0.2) is 62.5 Å². The molecular formula is C21H33N3O2. The smallest absolute Gasteiger partial charge is 0.194 e. The summed E-state index contributed by atoms with van der Waals surface area (Å²) in [7, 11) is 0. The Morgan fingerprint density at radius 1 is 1.19 bits per heavy atom. The van der Waals surface area contributed by atoms with Crippen LogP contribution in [0.15, 0.2) is 35.3 Å². The van der Waals surface area contributed by atoms with Crippen molar-refractivity contribution in [2.24, 2.45) is 4.99 Å². The molecule has 5 heteroatoms. The van der Waals surface area contributed by atoms with Crippen LogP contribution in [0.25, 0.3) is 0 Å². The Morgan fingerprint density at radius 3 is 2.65 bits per heavy atom. The van der Waals surface area contributed by atoms with E-state index in [0.717, 1.165) is 58.2 Å². The van der Waals surface area contributed by atoms with Gasteiger partial charge in [0.2, 0.25) is 0 Å². The van der Waals surface area contributed by atoms with E-state index in [1.807, 2.05) is 0 Å². The van der Waals surface area contributed by atoms with Gasteiger partial charge in [0.15, 0.2) is 5.96 Å². The van der Waals surface area contributed by atoms with Crippen LogP contribution in [0.2, 0.25) is 0 Å². The van der Waals surface area contributed by atoms with E-state index in [9.17, 15) is 0 Å². The van der Waals surface area contributed by atoms with Crippen LogP contribution in [0.1, 0.15) is 39.2 Å². The van der Waals surface area contributed by atoms with Gasteiger partial charge in [-0.25, -0.2) is 0 Å². The first kappa shape index (κ1) is 19.2. The minimum Gasteiger partial charge on any atom is -0.375 e. The fourth-order valence-corrected chi connectivity index (χ4v) is 3.67. The molecule has 2 heterocycles. The number of ether oxygens (including phenoxy) is 2. The third kappa shape index (κ3) is 4.77. The minimum atomic E-state index is 0.00217. The molecule has 0 saturated carbocycles. The highest BCUT2D eigenvalue weighted by molar-refractivity contribution is 5.80. The predicted octanol–water partition coefficient (Wildman–Crippen LogP) is 2.81. The molecule has 2 unspecified atom stereocenters. The van der Waals surface area contributed by atoms with Crippen LogP contribution < -0.4 is 5.32 Å². The quantitative estimate of drug-likeness (QED) is 0.649. The summed E-state index contributed by atoms with van der Waals surface area (Å²) in [6, 6.07) is 10.6. The lowest BCUT2D eigenvalue weighted by molar-refractivity contribution is -0.0817. The number of aliphatic imine (C=N–C) groups is 1. The molecule has 144 valence electrons. The Morgan fingerprint density at radius 2 is 1.96 bits per heavy atom. The number of nitrogens with one attached hydrogen (secondary N) is 1. The third-order valence-electron chi connectivity index (χ3n) is 5.29. The predicted molar refractivity (Wildman–Crippen MR) is 106 cm³/mol. The number of hydrogen-bond donors (Lipinski definition) is 1. The molecule has 2 saturated heterocycles. The number of nitrogens with zero attached hydrogens (tertiary/aromatic N) is 2. The summed E-state index contributed by atoms with van der Waals surface area (Å²) in [5.41, 5.74) is 1.32. The highest BCUT2D eigenvalue weighted by atomic mass is 16.5. The van der Waals surface area contributed by atoms with Gasteiger partial charge in [-0.3, -0.25) is 4.99 Å². The molecule has 2 fully saturated rings. The summed E-state index contributed by atoms with van der Waals surface area (Å²) in [4.78, 5) is 7.32. The van der Waals surface area contributed by atoms with Gasteiger partial charge in [-0.05, 0) is 25.3 Å². The van der Waals surface area contributed by atoms with Crippen LogP contribution in [0.3, 0.4) is 0 Å². The number of morpholine rings is 1. The Hall–Kier alpha value is -1.59. The SMILES string of the molecule is CCNC(=NCC(C)(C)c1ccccc1)N1CCOC(C2CCCO2)C1. The average molecular weight is 360 g/mol. The van der Waals surface area contributed by atoms with E-state index in [0.29, 0.717) is 0 Å². The van der Waals surface area contributed by atoms with Gasteiger partial charge in [0.25, 0.3) is 0 Å². The van der Waals surface area contributed by atoms with Gasteiger partial charge < -0.3 is 19.7 Å². The third-order valence-corrected chi connectivity index (χ3v) is 5.29. The zero-order chi connectivity index (χ0) is 18.4. The molecule has 0 bridgehead atoms. The highest BCUT2D eigenvalue weighted by Gasteiger charge is 2.32. The van der Waals surface area contributed by atoms with Crippen molar-refractivity contribution in [2.45, 2.75) is 51.2 Å². The minimum absolute atomic E-state index is 0.00217. The fraction of sp³-hybridized carbons (Fsp3) is 0.667. The molecule has 2 aliphatic rings. The van der Waals surface area contributed by atoms with Gasteiger partial charge in [-0.2, -0.15) is 0 Å². The van der Waals surface area contributed by atoms with Crippen molar-refractivity contribution in [3.05, 3.63) is 35.9 Å². The zero-order valence-electron chi connectivity index (χ0n) is 16.4. The summed E-state index contributed by atoms with van der Waals surface area (Å²) in [5, 5.41) is 3.47. The average Bonchev–Trinajstić information content (AvgIpc) is 3.21. The largest absolute Gasteiger partial charge is 0.375 e. The van der Waals surface area contributed by atoms with Crippen LogP contribution in [0, 0.1) is 0 Å². The van der Waals surface area contributed by atoms with Gasteiger partial charge >= 0.3 is 0 Å². The van der Waals surface area contributed by atoms with Gasteiger partial charge in [-0.1, -0.05) is 44.2 Å². The first-order valence-corrected chi connectivity index (χ1v) is 9.92. The number of guanidine groups is 1. The van der Waals surface area contributed by atoms with E-state index in [1.54, 1.807) is 0 Å². The molecule has 2 atom stereocenters. The lowest BCUT2D eigenvalue weighted by atomic mass is 9.85. The number of benzene rings is 1. The standard InChI is InChI=1S/C21H33N3O2/c1-4-22-20(23-16-21(2,3)17-9-6-5-7-10-17)24-12-14-26-19(15-24)18-11-8-13-25-18/h5-7,9-10,18-19H,4,8,11-16H2,1-3H3,(H,22,23). The molecule has 1 N–H and O–H groups in total. The fourth-order valence-electron chi connectivity index (χ4n) is 3.67. The van der Waals surface area contributed by atoms with Crippen LogP contribution in [0.5, 0.6) is 0 Å². The van der Waals surface area contributed by atoms with E-state index in [1.165, 1.54) is 5.56 Å². The number of hydrogen-bond acceptors (Lipinski definition) is 3. The molecule has 5 nitrogen and oxygen atoms in total. The van der Waals surface area contributed by atoms with Crippen molar-refractivity contribution >= 4 is 5.96 Å². The molecule has 26 heavy (non-hydrogen) atoms. The summed E-state index contributed by atoms with van der Waals surface area (Å²) < 4.78 is 11.8. The van der Waals surface area contributed by atoms with Crippen molar-refractivity contribution in [1.82, 2.24) is 10.2 Å². The Balaban J connectivity index is 1.68. The van der Waals surface area contributed by atoms with Crippen LogP contribution in [-0.2, 0) is 14.9 Å². The second-order valence-electron chi connectivity index (χ2n) is 7.83. The molecule has 0 spiro atoms. The second-order valence-corrected chi connectivity index (χ2v) is 7.83. The van der Waals surface area contributed by atoms with Crippen molar-refractivity contribution in [3.63, 3.8) is 0 Å². The lowest BCUT2D eigenvalue weighted by Crippen LogP contribution is -2.53. The monoisotopic (exact) mass is 359 g/mol. The lowest BCUT2D eigenvalue weighted by Gasteiger charge is -2.37. The molecule has 3 rings (SSSR count). The normalized spacial score (nSPS) is 24.7. The molecule has 2 aliphatic heterocycles. The molecule has 1 aromatic rings. The van der Waals surface area contributed by atoms with E-state index in [4.69, 9.17) is 14.5 Å². The van der Waals surface area contributed by atoms with E-state index in [2.05, 4.69) is 61.3 Å². The van der Waals surface area contributed by atoms with Crippen molar-refractivity contribution < 1.29 is 9.47 Å². The summed E-state index contributed by atoms with van der Waals surface area (Å²) in [6.45, 7) is 11.6. The number of rotatable bonds is 5. The first-order chi connectivity index (χ1) is 12.6. The van der Waals surface area contributed by atoms with Gasteiger partial charge in [0.05, 0.1) is 19.3 Å². The molecule has 0 aliphatic carbocycles. The first-order valence-electron chi connectivity index (χ1n) is 9.92. The highest BCUT2D eigenvalue weighted by Crippen LogP contribution is 2.24. The molecule has 1 aromatic carbocycles. The molecule has 0 radical (unpaired) electrons. The zero-order valence-corrected chi connectivity index (χ0v) is 16.4. The Bertz CT molecular complexity index is 582. The van der Waals surface area contributed by atoms with Crippen molar-refractivity contribution in [3.8, 4) is 0 Å². The topological polar surface area (TPSA) is 46.1 Å². The van der Waals surface area contributed by atoms with Gasteiger partial charge in [0, 0.05) is 31.7 Å². The molecular weight excluding hydrogens is 326 g/mol. The maximum absolute atomic E-state index is 5.99. The van der Waals surface area contributed by atoms with Crippen molar-refractivity contribution in [2.75, 3.05) is 39.4 Å². The second kappa shape index (κ2) is 8.87. The van der Waals surface area contributed by atoms with E-state index < -0.39 is 0 Å². The van der Waals surface area contributed by atoms with Crippen molar-refractivity contribution in [1.29, 1.82) is 0 Å². The maximum Gasteiger partial charge on any atom is 0.194 e. The summed E-state index contributed by atoms with van der Waals surface area (Å²) >= 11 is 0.